The molecule has 86 valence electrons. The van der Waals surface area contributed by atoms with E-state index in [0.717, 1.165) is 24.5 Å². The highest BCUT2D eigenvalue weighted by Gasteiger charge is 2.12. The van der Waals surface area contributed by atoms with Gasteiger partial charge in [0.2, 0.25) is 0 Å². The first-order valence-electron chi connectivity index (χ1n) is 5.84. The van der Waals surface area contributed by atoms with Crippen LogP contribution in [0.25, 0.3) is 0 Å². The van der Waals surface area contributed by atoms with Gasteiger partial charge in [-0.1, -0.05) is 20.8 Å². The lowest BCUT2D eigenvalue weighted by Crippen LogP contribution is -2.15. The van der Waals surface area contributed by atoms with Crippen molar-refractivity contribution < 1.29 is 0 Å². The van der Waals surface area contributed by atoms with Crippen LogP contribution in [0.1, 0.15) is 49.5 Å². The van der Waals surface area contributed by atoms with Gasteiger partial charge in [-0.2, -0.15) is 0 Å². The molecule has 0 fully saturated rings. The molecule has 0 aliphatic rings. The number of hydrogen-bond acceptors (Lipinski definition) is 4. The number of nitrogens with one attached hydrogen (secondary N) is 1. The first kappa shape index (κ1) is 12.6. The molecule has 4 heteroatoms. The molecule has 1 aromatic rings. The number of aromatic nitrogens is 2. The molecule has 0 aliphatic carbocycles. The van der Waals surface area contributed by atoms with E-state index in [1.165, 1.54) is 17.8 Å². The fraction of sp³-hybridized carbons (Fsp3) is 0.818. The van der Waals surface area contributed by atoms with E-state index in [4.69, 9.17) is 0 Å². The topological polar surface area (TPSA) is 37.8 Å². The van der Waals surface area contributed by atoms with Crippen molar-refractivity contribution in [2.45, 2.75) is 46.0 Å². The highest BCUT2D eigenvalue weighted by Crippen LogP contribution is 2.25. The molecule has 1 heterocycles. The Morgan fingerprint density at radius 2 is 1.93 bits per heavy atom. The Labute approximate surface area is 96.3 Å². The standard InChI is InChI=1S/C11H21N3S/c1-4-9(5-2)11-14-13-10(15-11)7-8-12-6-3/h9,12H,4-8H2,1-3H3. The molecule has 1 aromatic heterocycles. The highest BCUT2D eigenvalue weighted by atomic mass is 32.1. The molecule has 0 unspecified atom stereocenters. The minimum absolute atomic E-state index is 0.607. The molecule has 0 bridgehead atoms. The van der Waals surface area contributed by atoms with Gasteiger partial charge in [-0.05, 0) is 19.4 Å². The second kappa shape index (κ2) is 6.90. The van der Waals surface area contributed by atoms with Crippen LogP contribution in [0.3, 0.4) is 0 Å². The zero-order valence-corrected chi connectivity index (χ0v) is 10.7. The van der Waals surface area contributed by atoms with Gasteiger partial charge in [0.1, 0.15) is 10.0 Å². The summed E-state index contributed by atoms with van der Waals surface area (Å²) in [5.74, 6) is 0.607. The van der Waals surface area contributed by atoms with Crippen molar-refractivity contribution in [1.29, 1.82) is 0 Å². The maximum atomic E-state index is 4.28. The summed E-state index contributed by atoms with van der Waals surface area (Å²) in [5, 5.41) is 14.2. The van der Waals surface area contributed by atoms with Crippen LogP contribution in [0.15, 0.2) is 0 Å². The van der Waals surface area contributed by atoms with Crippen molar-refractivity contribution in [3.63, 3.8) is 0 Å². The Kier molecular flexibility index (Phi) is 5.79. The maximum absolute atomic E-state index is 4.28. The molecule has 3 nitrogen and oxygen atoms in total. The molecule has 0 saturated carbocycles. The second-order valence-corrected chi connectivity index (χ2v) is 4.74. The third-order valence-corrected chi connectivity index (χ3v) is 3.73. The lowest BCUT2D eigenvalue weighted by atomic mass is 10.1. The average Bonchev–Trinajstić information content (AvgIpc) is 2.69. The van der Waals surface area contributed by atoms with E-state index >= 15 is 0 Å². The summed E-state index contributed by atoms with van der Waals surface area (Å²) in [4.78, 5) is 0. The van der Waals surface area contributed by atoms with E-state index in [0.29, 0.717) is 5.92 Å². The van der Waals surface area contributed by atoms with E-state index in [2.05, 4.69) is 36.3 Å². The third kappa shape index (κ3) is 3.87. The van der Waals surface area contributed by atoms with Crippen molar-refractivity contribution in [3.05, 3.63) is 10.0 Å². The zero-order chi connectivity index (χ0) is 11.1. The molecule has 0 amide bonds. The van der Waals surface area contributed by atoms with Crippen LogP contribution >= 0.6 is 11.3 Å². The fourth-order valence-electron chi connectivity index (χ4n) is 1.54. The number of nitrogens with zero attached hydrogens (tertiary/aromatic N) is 2. The van der Waals surface area contributed by atoms with Crippen molar-refractivity contribution in [2.24, 2.45) is 0 Å². The first-order chi connectivity index (χ1) is 7.31. The fourth-order valence-corrected chi connectivity index (χ4v) is 2.65. The van der Waals surface area contributed by atoms with Gasteiger partial charge >= 0.3 is 0 Å². The molecule has 0 aromatic carbocycles. The maximum Gasteiger partial charge on any atom is 0.120 e. The molecule has 1 N–H and O–H groups in total. The van der Waals surface area contributed by atoms with E-state index in [9.17, 15) is 0 Å². The molecule has 15 heavy (non-hydrogen) atoms. The summed E-state index contributed by atoms with van der Waals surface area (Å²) in [6.07, 6.45) is 3.34. The van der Waals surface area contributed by atoms with Gasteiger partial charge in [0.15, 0.2) is 0 Å². The van der Waals surface area contributed by atoms with Crippen LogP contribution in [-0.2, 0) is 6.42 Å². The smallest absolute Gasteiger partial charge is 0.120 e. The quantitative estimate of drug-likeness (QED) is 0.728. The van der Waals surface area contributed by atoms with Crippen LogP contribution in [0.5, 0.6) is 0 Å². The molecular weight excluding hydrogens is 206 g/mol. The molecule has 0 aliphatic heterocycles. The van der Waals surface area contributed by atoms with Crippen molar-refractivity contribution >= 4 is 11.3 Å². The van der Waals surface area contributed by atoms with Gasteiger partial charge in [-0.3, -0.25) is 0 Å². The summed E-state index contributed by atoms with van der Waals surface area (Å²) < 4.78 is 0. The second-order valence-electron chi connectivity index (χ2n) is 3.65. The Balaban J connectivity index is 2.47. The van der Waals surface area contributed by atoms with Gasteiger partial charge in [-0.15, -0.1) is 21.5 Å². The van der Waals surface area contributed by atoms with Crippen LogP contribution in [0.2, 0.25) is 0 Å². The molecule has 0 radical (unpaired) electrons. The summed E-state index contributed by atoms with van der Waals surface area (Å²) in [6.45, 7) is 8.59. The van der Waals surface area contributed by atoms with Gasteiger partial charge < -0.3 is 5.32 Å². The lowest BCUT2D eigenvalue weighted by Gasteiger charge is -2.05. The van der Waals surface area contributed by atoms with E-state index in [-0.39, 0.29) is 0 Å². The van der Waals surface area contributed by atoms with Crippen LogP contribution in [0, 0.1) is 0 Å². The number of hydrogen-bond donors (Lipinski definition) is 1. The van der Waals surface area contributed by atoms with Gasteiger partial charge in [-0.25, -0.2) is 0 Å². The third-order valence-electron chi connectivity index (χ3n) is 2.58. The number of rotatable bonds is 7. The van der Waals surface area contributed by atoms with Gasteiger partial charge in [0, 0.05) is 18.9 Å². The first-order valence-corrected chi connectivity index (χ1v) is 6.66. The van der Waals surface area contributed by atoms with Crippen LogP contribution < -0.4 is 5.32 Å². The largest absolute Gasteiger partial charge is 0.317 e. The van der Waals surface area contributed by atoms with E-state index < -0.39 is 0 Å². The monoisotopic (exact) mass is 227 g/mol. The van der Waals surface area contributed by atoms with Crippen LogP contribution in [0.4, 0.5) is 0 Å². The summed E-state index contributed by atoms with van der Waals surface area (Å²) >= 11 is 1.78. The Morgan fingerprint density at radius 3 is 2.53 bits per heavy atom. The Bertz CT molecular complexity index is 269. The van der Waals surface area contributed by atoms with Crippen molar-refractivity contribution in [1.82, 2.24) is 15.5 Å². The predicted molar refractivity (Wildman–Crippen MR) is 65.5 cm³/mol. The SMILES string of the molecule is CCNCCc1nnc(C(CC)CC)s1. The van der Waals surface area contributed by atoms with Gasteiger partial charge in [0.05, 0.1) is 0 Å². The van der Waals surface area contributed by atoms with E-state index in [1.54, 1.807) is 11.3 Å². The minimum Gasteiger partial charge on any atom is -0.317 e. The van der Waals surface area contributed by atoms with E-state index in [1.807, 2.05) is 0 Å². The van der Waals surface area contributed by atoms with Crippen LogP contribution in [-0.4, -0.2) is 23.3 Å². The molecular formula is C11H21N3S. The van der Waals surface area contributed by atoms with Gasteiger partial charge in [0.25, 0.3) is 0 Å². The summed E-state index contributed by atoms with van der Waals surface area (Å²) in [7, 11) is 0. The molecule has 0 saturated heterocycles. The predicted octanol–water partition coefficient (Wildman–Crippen LogP) is 2.59. The Hall–Kier alpha value is -0.480. The van der Waals surface area contributed by atoms with Crippen molar-refractivity contribution in [3.8, 4) is 0 Å². The number of likely N-dealkylation sites (N-methyl/N-ethyl adjacent to an activating group) is 1. The lowest BCUT2D eigenvalue weighted by molar-refractivity contribution is 0.629. The van der Waals surface area contributed by atoms with Crippen molar-refractivity contribution in [2.75, 3.05) is 13.1 Å². The summed E-state index contributed by atoms with van der Waals surface area (Å²) in [5.41, 5.74) is 0. The minimum atomic E-state index is 0.607. The average molecular weight is 227 g/mol. The zero-order valence-electron chi connectivity index (χ0n) is 9.92. The molecule has 1 rings (SSSR count). The normalized spacial score (nSPS) is 11.2. The Morgan fingerprint density at radius 1 is 1.20 bits per heavy atom. The molecule has 0 spiro atoms. The summed E-state index contributed by atoms with van der Waals surface area (Å²) in [6, 6.07) is 0. The highest BCUT2D eigenvalue weighted by molar-refractivity contribution is 7.11. The molecule has 0 atom stereocenters.